The summed E-state index contributed by atoms with van der Waals surface area (Å²) in [5.41, 5.74) is 2.60. The summed E-state index contributed by atoms with van der Waals surface area (Å²) in [6.45, 7) is 3.27. The van der Waals surface area contributed by atoms with Gasteiger partial charge in [-0.2, -0.15) is 0 Å². The Balaban J connectivity index is 1.59. The third-order valence-corrected chi connectivity index (χ3v) is 5.68. The van der Waals surface area contributed by atoms with E-state index in [2.05, 4.69) is 21.2 Å². The van der Waals surface area contributed by atoms with E-state index in [-0.39, 0.29) is 11.9 Å². The summed E-state index contributed by atoms with van der Waals surface area (Å²) in [7, 11) is 1.90. The van der Waals surface area contributed by atoms with Crippen LogP contribution in [0.5, 0.6) is 11.5 Å². The van der Waals surface area contributed by atoms with Gasteiger partial charge < -0.3 is 19.4 Å². The second kappa shape index (κ2) is 7.27. The van der Waals surface area contributed by atoms with Gasteiger partial charge in [0, 0.05) is 24.4 Å². The van der Waals surface area contributed by atoms with E-state index < -0.39 is 0 Å². The molecule has 2 aromatic carbocycles. The number of hydrogen-bond donors (Lipinski definition) is 1. The number of nitrogens with one attached hydrogen (secondary N) is 1. The quantitative estimate of drug-likeness (QED) is 0.663. The minimum Gasteiger partial charge on any atom is -0.490 e. The number of aromatic nitrogens is 1. The van der Waals surface area contributed by atoms with Crippen LogP contribution in [0.1, 0.15) is 35.4 Å². The number of carbonyl (C=O) groups excluding carboxylic acids is 1. The first-order valence-electron chi connectivity index (χ1n) is 8.99. The van der Waals surface area contributed by atoms with Crippen LogP contribution in [0.4, 0.5) is 0 Å². The summed E-state index contributed by atoms with van der Waals surface area (Å²) in [4.78, 5) is 13.0. The van der Waals surface area contributed by atoms with E-state index >= 15 is 0 Å². The van der Waals surface area contributed by atoms with Gasteiger partial charge >= 0.3 is 0 Å². The standard InChI is InChI=1S/C21H21BrN2O3/c1-13(14-8-9-17-18(12-14)27-11-5-10-26-17)23-21(25)20-19(22)15-6-3-4-7-16(15)24(20)2/h3-4,6-9,12-13H,5,10-11H2,1-2H3,(H,23,25). The molecule has 0 bridgehead atoms. The van der Waals surface area contributed by atoms with Gasteiger partial charge in [-0.15, -0.1) is 0 Å². The highest BCUT2D eigenvalue weighted by Gasteiger charge is 2.22. The topological polar surface area (TPSA) is 52.5 Å². The first-order chi connectivity index (χ1) is 13.1. The van der Waals surface area contributed by atoms with Crippen molar-refractivity contribution < 1.29 is 14.3 Å². The molecule has 5 nitrogen and oxygen atoms in total. The zero-order chi connectivity index (χ0) is 19.0. The lowest BCUT2D eigenvalue weighted by atomic mass is 10.1. The van der Waals surface area contributed by atoms with Gasteiger partial charge in [0.15, 0.2) is 11.5 Å². The molecule has 27 heavy (non-hydrogen) atoms. The first-order valence-corrected chi connectivity index (χ1v) is 9.79. The second-order valence-corrected chi connectivity index (χ2v) is 7.48. The van der Waals surface area contributed by atoms with Crippen molar-refractivity contribution in [3.05, 3.63) is 58.2 Å². The van der Waals surface area contributed by atoms with Crippen molar-refractivity contribution in [3.8, 4) is 11.5 Å². The molecule has 2 heterocycles. The Bertz CT molecular complexity index is 973. The predicted octanol–water partition coefficient (Wildman–Crippen LogP) is 4.59. The highest BCUT2D eigenvalue weighted by Crippen LogP contribution is 2.33. The molecule has 1 unspecified atom stereocenters. The molecule has 1 aliphatic rings. The smallest absolute Gasteiger partial charge is 0.269 e. The van der Waals surface area contributed by atoms with E-state index in [1.807, 2.05) is 61.0 Å². The molecule has 1 aliphatic heterocycles. The molecule has 0 saturated carbocycles. The summed E-state index contributed by atoms with van der Waals surface area (Å²) >= 11 is 3.59. The van der Waals surface area contributed by atoms with Gasteiger partial charge in [0.1, 0.15) is 5.69 Å². The Hall–Kier alpha value is -2.47. The normalized spacial score (nSPS) is 14.6. The van der Waals surface area contributed by atoms with Crippen molar-refractivity contribution in [2.45, 2.75) is 19.4 Å². The average molecular weight is 429 g/mol. The Labute approximate surface area is 166 Å². The predicted molar refractivity (Wildman–Crippen MR) is 109 cm³/mol. The summed E-state index contributed by atoms with van der Waals surface area (Å²) in [6, 6.07) is 13.6. The third kappa shape index (κ3) is 3.30. The van der Waals surface area contributed by atoms with E-state index in [1.165, 1.54) is 0 Å². The molecule has 1 amide bonds. The number of hydrogen-bond acceptors (Lipinski definition) is 3. The lowest BCUT2D eigenvalue weighted by Crippen LogP contribution is -2.28. The van der Waals surface area contributed by atoms with Crippen molar-refractivity contribution in [1.82, 2.24) is 9.88 Å². The van der Waals surface area contributed by atoms with Crippen LogP contribution in [0.15, 0.2) is 46.9 Å². The van der Waals surface area contributed by atoms with Crippen molar-refractivity contribution in [1.29, 1.82) is 0 Å². The lowest BCUT2D eigenvalue weighted by Gasteiger charge is -2.17. The molecular weight excluding hydrogens is 408 g/mol. The van der Waals surface area contributed by atoms with E-state index in [0.29, 0.717) is 18.9 Å². The fraction of sp³-hybridized carbons (Fsp3) is 0.286. The summed E-state index contributed by atoms with van der Waals surface area (Å²) < 4.78 is 14.2. The molecule has 1 atom stereocenters. The molecule has 6 heteroatoms. The number of aryl methyl sites for hydroxylation is 1. The number of fused-ring (bicyclic) bond motifs is 2. The molecular formula is C21H21BrN2O3. The van der Waals surface area contributed by atoms with E-state index in [9.17, 15) is 4.79 Å². The second-order valence-electron chi connectivity index (χ2n) is 6.69. The first kappa shape index (κ1) is 17.9. The minimum atomic E-state index is -0.167. The zero-order valence-corrected chi connectivity index (χ0v) is 16.9. The molecule has 4 rings (SSSR count). The summed E-state index contributed by atoms with van der Waals surface area (Å²) in [5, 5.41) is 4.11. The highest BCUT2D eigenvalue weighted by molar-refractivity contribution is 9.10. The molecule has 0 aliphatic carbocycles. The highest BCUT2D eigenvalue weighted by atomic mass is 79.9. The van der Waals surface area contributed by atoms with Crippen LogP contribution in [0, 0.1) is 0 Å². The fourth-order valence-corrected chi connectivity index (χ4v) is 4.18. The Morgan fingerprint density at radius 1 is 1.15 bits per heavy atom. The van der Waals surface area contributed by atoms with Crippen LogP contribution in [0.2, 0.25) is 0 Å². The van der Waals surface area contributed by atoms with Gasteiger partial charge in [0.05, 0.1) is 23.7 Å². The minimum absolute atomic E-state index is 0.125. The maximum Gasteiger partial charge on any atom is 0.269 e. The van der Waals surface area contributed by atoms with Gasteiger partial charge in [-0.25, -0.2) is 0 Å². The zero-order valence-electron chi connectivity index (χ0n) is 15.3. The van der Waals surface area contributed by atoms with Crippen molar-refractivity contribution >= 4 is 32.7 Å². The Morgan fingerprint density at radius 2 is 1.89 bits per heavy atom. The number of benzene rings is 2. The van der Waals surface area contributed by atoms with Crippen molar-refractivity contribution in [3.63, 3.8) is 0 Å². The van der Waals surface area contributed by atoms with Gasteiger partial charge in [-0.3, -0.25) is 4.79 Å². The van der Waals surface area contributed by atoms with Gasteiger partial charge in [-0.1, -0.05) is 24.3 Å². The van der Waals surface area contributed by atoms with Crippen LogP contribution >= 0.6 is 15.9 Å². The molecule has 1 N–H and O–H groups in total. The SMILES string of the molecule is CC(NC(=O)c1c(Br)c2ccccc2n1C)c1ccc2c(c1)OCCCO2. The monoisotopic (exact) mass is 428 g/mol. The molecule has 3 aromatic rings. The van der Waals surface area contributed by atoms with Crippen LogP contribution in [-0.4, -0.2) is 23.7 Å². The van der Waals surface area contributed by atoms with Crippen LogP contribution in [-0.2, 0) is 7.05 Å². The molecule has 0 saturated heterocycles. The van der Waals surface area contributed by atoms with E-state index in [4.69, 9.17) is 9.47 Å². The van der Waals surface area contributed by atoms with E-state index in [0.717, 1.165) is 38.9 Å². The number of amides is 1. The molecule has 0 radical (unpaired) electrons. The van der Waals surface area contributed by atoms with Crippen molar-refractivity contribution in [2.75, 3.05) is 13.2 Å². The molecule has 140 valence electrons. The number of ether oxygens (including phenoxy) is 2. The maximum absolute atomic E-state index is 13.0. The van der Waals surface area contributed by atoms with Gasteiger partial charge in [0.25, 0.3) is 5.91 Å². The molecule has 0 spiro atoms. The third-order valence-electron chi connectivity index (χ3n) is 4.88. The fourth-order valence-electron chi connectivity index (χ4n) is 3.40. The maximum atomic E-state index is 13.0. The van der Waals surface area contributed by atoms with Gasteiger partial charge in [-0.05, 0) is 46.6 Å². The van der Waals surface area contributed by atoms with Crippen LogP contribution in [0.25, 0.3) is 10.9 Å². The largest absolute Gasteiger partial charge is 0.490 e. The van der Waals surface area contributed by atoms with E-state index in [1.54, 1.807) is 0 Å². The summed E-state index contributed by atoms with van der Waals surface area (Å²) in [5.74, 6) is 1.36. The number of rotatable bonds is 3. The number of halogens is 1. The van der Waals surface area contributed by atoms with Crippen molar-refractivity contribution in [2.24, 2.45) is 7.05 Å². The van der Waals surface area contributed by atoms with Gasteiger partial charge in [0.2, 0.25) is 0 Å². The number of nitrogens with zero attached hydrogens (tertiary/aromatic N) is 1. The van der Waals surface area contributed by atoms with Crippen LogP contribution < -0.4 is 14.8 Å². The van der Waals surface area contributed by atoms with Crippen LogP contribution in [0.3, 0.4) is 0 Å². The Kier molecular flexibility index (Phi) is 4.83. The number of carbonyl (C=O) groups is 1. The lowest BCUT2D eigenvalue weighted by molar-refractivity contribution is 0.0931. The number of para-hydroxylation sites is 1. The molecule has 1 aromatic heterocycles. The Morgan fingerprint density at radius 3 is 2.67 bits per heavy atom. The summed E-state index contributed by atoms with van der Waals surface area (Å²) in [6.07, 6.45) is 0.866. The average Bonchev–Trinajstić information content (AvgIpc) is 2.82. The molecule has 0 fully saturated rings.